The van der Waals surface area contributed by atoms with Crippen molar-refractivity contribution in [2.24, 2.45) is 5.73 Å². The molecule has 21 heteroatoms. The summed E-state index contributed by atoms with van der Waals surface area (Å²) in [6.07, 6.45) is 2.74. The van der Waals surface area contributed by atoms with E-state index in [4.69, 9.17) is 26.7 Å². The van der Waals surface area contributed by atoms with Gasteiger partial charge in [-0.2, -0.15) is 11.8 Å². The number of carboxylic acid groups (broad SMARTS) is 1. The molecule has 2 saturated heterocycles. The second-order valence-electron chi connectivity index (χ2n) is 11.1. The fourth-order valence-corrected chi connectivity index (χ4v) is 7.54. The van der Waals surface area contributed by atoms with Crippen LogP contribution < -0.4 is 22.3 Å². The molecule has 10 N–H and O–H groups in total. The van der Waals surface area contributed by atoms with E-state index in [1.165, 1.54) is 29.9 Å². The zero-order chi connectivity index (χ0) is 34.0. The Morgan fingerprint density at radius 3 is 1.87 bits per heavy atom. The van der Waals surface area contributed by atoms with E-state index in [0.29, 0.717) is 39.6 Å². The molecule has 0 spiro atoms. The minimum absolute atomic E-state index is 0.211. The molecule has 2 unspecified atom stereocenters. The molecule has 6 heterocycles. The first-order valence-corrected chi connectivity index (χ1v) is 17.7. The zero-order valence-electron chi connectivity index (χ0n) is 25.4. The highest BCUT2D eigenvalue weighted by Crippen LogP contribution is 2.34. The normalized spacial score (nSPS) is 28.7. The molecule has 256 valence electrons. The molecule has 0 saturated carbocycles. The average molecular weight is 696 g/mol. The van der Waals surface area contributed by atoms with Crippen LogP contribution in [-0.2, 0) is 25.2 Å². The molecule has 2 fully saturated rings. The van der Waals surface area contributed by atoms with Gasteiger partial charge in [0.2, 0.25) is 0 Å². The molecule has 0 radical (unpaired) electrons. The van der Waals surface area contributed by atoms with Gasteiger partial charge in [0.1, 0.15) is 65.7 Å². The zero-order valence-corrected chi connectivity index (χ0v) is 27.0. The number of carbonyl (C=O) groups excluding carboxylic acids is 1. The van der Waals surface area contributed by atoms with Gasteiger partial charge in [0.05, 0.1) is 31.0 Å². The highest BCUT2D eigenvalue weighted by atomic mass is 32.2. The minimum atomic E-state index is -1.28. The van der Waals surface area contributed by atoms with Gasteiger partial charge in [-0.05, 0) is 17.2 Å². The number of hydrogen-bond donors (Lipinski definition) is 7. The summed E-state index contributed by atoms with van der Waals surface area (Å²) >= 11 is 1.54. The molecule has 4 aromatic heterocycles. The molecule has 19 nitrogen and oxygen atoms in total. The predicted octanol–water partition coefficient (Wildman–Crippen LogP) is -3.87. The van der Waals surface area contributed by atoms with Crippen molar-refractivity contribution in [3.63, 3.8) is 0 Å². The molecule has 0 aliphatic carbocycles. The summed E-state index contributed by atoms with van der Waals surface area (Å²) in [4.78, 5) is 34.9. The molecule has 47 heavy (non-hydrogen) atoms. The number of aliphatic hydroxyl groups is 4. The number of ether oxygens (including phenoxy) is 2. The van der Waals surface area contributed by atoms with Gasteiger partial charge >= 0.3 is 0 Å². The van der Waals surface area contributed by atoms with Crippen LogP contribution in [0.3, 0.4) is 0 Å². The van der Waals surface area contributed by atoms with Gasteiger partial charge in [-0.25, -0.2) is 29.9 Å². The van der Waals surface area contributed by atoms with Gasteiger partial charge < -0.3 is 57.0 Å². The second kappa shape index (κ2) is 14.8. The second-order valence-corrected chi connectivity index (χ2v) is 14.3. The van der Waals surface area contributed by atoms with Crippen molar-refractivity contribution in [2.75, 3.05) is 41.2 Å². The maximum atomic E-state index is 10.7. The Morgan fingerprint density at radius 2 is 1.38 bits per heavy atom. The third-order valence-electron chi connectivity index (χ3n) is 7.86. The number of nitrogen functional groups attached to an aromatic ring is 2. The lowest BCUT2D eigenvalue weighted by Gasteiger charge is -2.16. The maximum Gasteiger partial charge on any atom is 0.167 e. The molecular weight excluding hydrogens is 658 g/mol. The largest absolute Gasteiger partial charge is 0.548 e. The Kier molecular flexibility index (Phi) is 11.0. The summed E-state index contributed by atoms with van der Waals surface area (Å²) in [5.74, 6) is 0.801. The van der Waals surface area contributed by atoms with E-state index < -0.39 is 61.1 Å². The predicted molar refractivity (Wildman–Crippen MR) is 170 cm³/mol. The number of carbonyl (C=O) groups is 1. The Hall–Kier alpha value is -3.41. The van der Waals surface area contributed by atoms with Crippen molar-refractivity contribution >= 4 is 62.6 Å². The van der Waals surface area contributed by atoms with E-state index in [0.717, 1.165) is 0 Å². The number of fused-ring (bicyclic) bond motifs is 2. The number of nitrogens with two attached hydrogens (primary N) is 3. The fourth-order valence-electron chi connectivity index (χ4n) is 5.28. The molecule has 0 amide bonds. The van der Waals surface area contributed by atoms with E-state index >= 15 is 0 Å². The summed E-state index contributed by atoms with van der Waals surface area (Å²) in [5, 5.41) is 51.7. The van der Waals surface area contributed by atoms with Crippen molar-refractivity contribution in [1.29, 1.82) is 0 Å². The van der Waals surface area contributed by atoms with Crippen molar-refractivity contribution in [1.82, 2.24) is 39.0 Å². The quantitative estimate of drug-likeness (QED) is 0.0781. The monoisotopic (exact) mass is 695 g/mol. The van der Waals surface area contributed by atoms with Gasteiger partial charge in [-0.3, -0.25) is 9.13 Å². The lowest BCUT2D eigenvalue weighted by atomic mass is 10.1. The summed E-state index contributed by atoms with van der Waals surface area (Å²) in [6, 6.07) is -1.02. The van der Waals surface area contributed by atoms with E-state index in [1.54, 1.807) is 16.3 Å². The third kappa shape index (κ3) is 7.22. The van der Waals surface area contributed by atoms with E-state index in [1.807, 2.05) is 12.5 Å². The van der Waals surface area contributed by atoms with Gasteiger partial charge in [-0.1, -0.05) is 0 Å². The number of imidazole rings is 2. The third-order valence-corrected chi connectivity index (χ3v) is 10.3. The molecule has 2 aliphatic heterocycles. The molecular formula is C26H37N11O8S2. The Balaban J connectivity index is 0.000000193. The summed E-state index contributed by atoms with van der Waals surface area (Å²) < 4.78 is 14.7. The number of anilines is 2. The smallest absolute Gasteiger partial charge is 0.167 e. The number of aromatic nitrogens is 8. The van der Waals surface area contributed by atoms with Gasteiger partial charge in [0.15, 0.2) is 35.4 Å². The lowest BCUT2D eigenvalue weighted by molar-refractivity contribution is -0.307. The SMILES string of the molecule is CSC[C@H]1O[C@@H](n2cnc3c(N)ncnc32)[C@H](O)[C@@H]1O.C[S+](CCC(N)C(=O)[O-])C[C@H]1O[C@@H](n2cnc3c(N)ncnc32)[C@H](O)[C@@H]1O. The van der Waals surface area contributed by atoms with Crippen LogP contribution in [0.25, 0.3) is 22.3 Å². The number of aliphatic carboxylic acids is 1. The van der Waals surface area contributed by atoms with Crippen molar-refractivity contribution in [3.8, 4) is 0 Å². The lowest BCUT2D eigenvalue weighted by Crippen LogP contribution is -2.43. The van der Waals surface area contributed by atoms with E-state index in [-0.39, 0.29) is 29.0 Å². The molecule has 10 atom stereocenters. The molecule has 0 bridgehead atoms. The summed E-state index contributed by atoms with van der Waals surface area (Å²) in [7, 11) is -0.263. The van der Waals surface area contributed by atoms with Crippen molar-refractivity contribution < 1.29 is 39.8 Å². The van der Waals surface area contributed by atoms with E-state index in [9.17, 15) is 30.3 Å². The standard InChI is InChI=1S/C15H22N6O5S.C11H15N5O3S/c1-27(3-2-7(16)15(24)25)4-8-10(22)11(23)14(26-8)21-6-20-9-12(17)18-5-19-13(9)21;1-20-2-5-7(17)8(18)11(19-5)16-4-15-6-9(12)13-3-14-10(6)16/h5-8,10-11,14,22-23H,2-4,16H2,1H3,(H2-,17,18,19,24,25);3-5,7-8,11,17-18H,2H2,1H3,(H2,12,13,14)/t7?,8-,10-,11-,14-,27?;5-,7-,8-,11-/m11/s1. The number of aliphatic hydroxyl groups excluding tert-OH is 4. The Labute approximate surface area is 274 Å². The highest BCUT2D eigenvalue weighted by molar-refractivity contribution is 7.98. The highest BCUT2D eigenvalue weighted by Gasteiger charge is 2.47. The van der Waals surface area contributed by atoms with Crippen molar-refractivity contribution in [2.45, 2.75) is 61.5 Å². The van der Waals surface area contributed by atoms with Gasteiger partial charge in [0, 0.05) is 18.2 Å². The first-order valence-electron chi connectivity index (χ1n) is 14.4. The molecule has 6 rings (SSSR count). The van der Waals surface area contributed by atoms with Crippen LogP contribution >= 0.6 is 11.8 Å². The van der Waals surface area contributed by atoms with Crippen molar-refractivity contribution in [3.05, 3.63) is 25.3 Å². The maximum absolute atomic E-state index is 10.7. The van der Waals surface area contributed by atoms with Gasteiger partial charge in [-0.15, -0.1) is 0 Å². The summed E-state index contributed by atoms with van der Waals surface area (Å²) in [5.41, 5.74) is 18.7. The molecule has 0 aromatic carbocycles. The van der Waals surface area contributed by atoms with Crippen LogP contribution in [0.2, 0.25) is 0 Å². The number of hydrogen-bond acceptors (Lipinski definition) is 18. The minimum Gasteiger partial charge on any atom is -0.548 e. The molecule has 2 aliphatic rings. The topological polar surface area (TPSA) is 305 Å². The van der Waals surface area contributed by atoms with Crippen LogP contribution in [0.15, 0.2) is 25.3 Å². The van der Waals surface area contributed by atoms with Crippen LogP contribution in [-0.4, -0.2) is 138 Å². The number of thioether (sulfide) groups is 1. The van der Waals surface area contributed by atoms with Crippen LogP contribution in [0, 0.1) is 0 Å². The number of rotatable bonds is 10. The number of nitrogens with zero attached hydrogens (tertiary/aromatic N) is 8. The Bertz CT molecular complexity index is 1680. The fraction of sp³-hybridized carbons (Fsp3) is 0.577. The number of carboxylic acids is 1. The van der Waals surface area contributed by atoms with Crippen LogP contribution in [0.1, 0.15) is 18.9 Å². The first-order chi connectivity index (χ1) is 22.4. The first kappa shape index (κ1) is 34.9. The van der Waals surface area contributed by atoms with Crippen LogP contribution in [0.4, 0.5) is 11.6 Å². The average Bonchev–Trinajstić information content (AvgIpc) is 3.80. The molecule has 4 aromatic rings. The summed E-state index contributed by atoms with van der Waals surface area (Å²) in [6.45, 7) is 0. The van der Waals surface area contributed by atoms with Gasteiger partial charge in [0.25, 0.3) is 0 Å². The van der Waals surface area contributed by atoms with E-state index in [2.05, 4.69) is 29.9 Å². The van der Waals surface area contributed by atoms with Crippen LogP contribution in [0.5, 0.6) is 0 Å². The Morgan fingerprint density at radius 1 is 0.894 bits per heavy atom.